The summed E-state index contributed by atoms with van der Waals surface area (Å²) in [6.07, 6.45) is -3.50. The highest BCUT2D eigenvalue weighted by molar-refractivity contribution is 7.22. The van der Waals surface area contributed by atoms with Gasteiger partial charge in [-0.15, -0.1) is 0 Å². The number of benzene rings is 2. The summed E-state index contributed by atoms with van der Waals surface area (Å²) in [5.41, 5.74) is 7.65. The SMILES string of the molecule is C[C@@H](C(=O)O)[C@H](O)N1C(=O)NC(=Nc2ccc3nc(N)sc3c2)N(Cc2ccc(Cl)cc2)C1O. The fraction of sp³-hybridized carbons (Fsp3) is 0.238. The fourth-order valence-corrected chi connectivity index (χ4v) is 4.27. The monoisotopic (exact) mass is 504 g/mol. The number of carbonyl (C=O) groups is 2. The minimum atomic E-state index is -1.79. The zero-order chi connectivity index (χ0) is 24.6. The average Bonchev–Trinajstić information content (AvgIpc) is 3.16. The van der Waals surface area contributed by atoms with Crippen LogP contribution in [0.15, 0.2) is 47.5 Å². The molecule has 2 amide bonds. The van der Waals surface area contributed by atoms with Gasteiger partial charge < -0.3 is 21.1 Å². The van der Waals surface area contributed by atoms with Crippen LogP contribution in [0.2, 0.25) is 5.02 Å². The van der Waals surface area contributed by atoms with Gasteiger partial charge in [0.2, 0.25) is 12.3 Å². The number of guanidine groups is 1. The number of urea groups is 1. The Kier molecular flexibility index (Phi) is 6.57. The number of nitrogens with two attached hydrogens (primary N) is 1. The number of nitrogens with zero attached hydrogens (tertiary/aromatic N) is 4. The predicted molar refractivity (Wildman–Crippen MR) is 127 cm³/mol. The van der Waals surface area contributed by atoms with E-state index in [4.69, 9.17) is 17.3 Å². The molecule has 1 saturated heterocycles. The number of carbonyl (C=O) groups excluding carboxylic acids is 1. The molecule has 0 aliphatic carbocycles. The lowest BCUT2D eigenvalue weighted by molar-refractivity contribution is -0.167. The molecule has 1 unspecified atom stereocenters. The number of carboxylic acids is 1. The second-order valence-corrected chi connectivity index (χ2v) is 9.12. The van der Waals surface area contributed by atoms with Gasteiger partial charge in [0.05, 0.1) is 28.4 Å². The molecule has 2 heterocycles. The van der Waals surface area contributed by atoms with Crippen molar-refractivity contribution < 1.29 is 24.9 Å². The van der Waals surface area contributed by atoms with Crippen molar-refractivity contribution in [2.24, 2.45) is 10.9 Å². The van der Waals surface area contributed by atoms with E-state index < -0.39 is 30.5 Å². The van der Waals surface area contributed by atoms with E-state index in [2.05, 4.69) is 15.3 Å². The Bertz CT molecular complexity index is 1270. The van der Waals surface area contributed by atoms with Gasteiger partial charge in [-0.25, -0.2) is 14.8 Å². The van der Waals surface area contributed by atoms with Crippen LogP contribution in [0.5, 0.6) is 0 Å². The lowest BCUT2D eigenvalue weighted by Crippen LogP contribution is -2.68. The number of hydrogen-bond donors (Lipinski definition) is 5. The molecule has 3 aromatic rings. The Morgan fingerprint density at radius 3 is 2.71 bits per heavy atom. The number of thiazole rings is 1. The van der Waals surface area contributed by atoms with Gasteiger partial charge in [0.15, 0.2) is 5.13 Å². The topological polar surface area (TPSA) is 165 Å². The van der Waals surface area contributed by atoms with E-state index in [-0.39, 0.29) is 12.5 Å². The van der Waals surface area contributed by atoms with Crippen LogP contribution in [0, 0.1) is 5.92 Å². The van der Waals surface area contributed by atoms with Crippen LogP contribution in [0.3, 0.4) is 0 Å². The zero-order valence-corrected chi connectivity index (χ0v) is 19.4. The van der Waals surface area contributed by atoms with Crippen LogP contribution in [-0.2, 0) is 11.3 Å². The summed E-state index contributed by atoms with van der Waals surface area (Å²) in [4.78, 5) is 34.8. The summed E-state index contributed by atoms with van der Waals surface area (Å²) < 4.78 is 0.790. The van der Waals surface area contributed by atoms with Crippen LogP contribution >= 0.6 is 22.9 Å². The third-order valence-electron chi connectivity index (χ3n) is 5.26. The molecule has 34 heavy (non-hydrogen) atoms. The molecular weight excluding hydrogens is 484 g/mol. The summed E-state index contributed by atoms with van der Waals surface area (Å²) in [6, 6.07) is 11.1. The van der Waals surface area contributed by atoms with Crippen molar-refractivity contribution in [2.45, 2.75) is 26.0 Å². The van der Waals surface area contributed by atoms with Gasteiger partial charge in [-0.3, -0.25) is 19.9 Å². The Morgan fingerprint density at radius 2 is 2.03 bits per heavy atom. The molecule has 13 heteroatoms. The molecule has 1 aliphatic heterocycles. The van der Waals surface area contributed by atoms with Crippen LogP contribution < -0.4 is 11.1 Å². The number of nitrogen functional groups attached to an aromatic ring is 1. The van der Waals surface area contributed by atoms with Gasteiger partial charge >= 0.3 is 12.0 Å². The Hall–Kier alpha value is -3.45. The highest BCUT2D eigenvalue weighted by atomic mass is 35.5. The van der Waals surface area contributed by atoms with Crippen LogP contribution in [-0.4, -0.2) is 60.6 Å². The molecule has 11 nitrogen and oxygen atoms in total. The quantitative estimate of drug-likeness (QED) is 0.341. The van der Waals surface area contributed by atoms with Crippen molar-refractivity contribution in [1.82, 2.24) is 20.1 Å². The van der Waals surface area contributed by atoms with E-state index >= 15 is 0 Å². The molecule has 0 radical (unpaired) electrons. The molecule has 6 N–H and O–H groups in total. The number of anilines is 1. The van der Waals surface area contributed by atoms with Crippen molar-refractivity contribution in [2.75, 3.05) is 5.73 Å². The largest absolute Gasteiger partial charge is 0.481 e. The van der Waals surface area contributed by atoms with Crippen molar-refractivity contribution in [3.05, 3.63) is 53.1 Å². The number of aromatic nitrogens is 1. The van der Waals surface area contributed by atoms with Crippen molar-refractivity contribution in [3.8, 4) is 0 Å². The molecule has 1 aromatic heterocycles. The van der Waals surface area contributed by atoms with Gasteiger partial charge in [-0.05, 0) is 42.8 Å². The minimum Gasteiger partial charge on any atom is -0.481 e. The number of rotatable bonds is 6. The Balaban J connectivity index is 1.72. The number of amides is 2. The molecule has 1 fully saturated rings. The molecule has 4 rings (SSSR count). The second kappa shape index (κ2) is 9.43. The van der Waals surface area contributed by atoms with E-state index in [0.29, 0.717) is 26.3 Å². The van der Waals surface area contributed by atoms with E-state index in [0.717, 1.165) is 10.3 Å². The Morgan fingerprint density at radius 1 is 1.32 bits per heavy atom. The van der Waals surface area contributed by atoms with Crippen molar-refractivity contribution in [3.63, 3.8) is 0 Å². The Labute approximate surface area is 202 Å². The van der Waals surface area contributed by atoms with Crippen LogP contribution in [0.25, 0.3) is 10.2 Å². The number of aliphatic hydroxyl groups excluding tert-OH is 2. The fourth-order valence-electron chi connectivity index (χ4n) is 3.38. The smallest absolute Gasteiger partial charge is 0.329 e. The number of aliphatic carboxylic acids is 1. The third-order valence-corrected chi connectivity index (χ3v) is 6.36. The lowest BCUT2D eigenvalue weighted by Gasteiger charge is -2.44. The van der Waals surface area contributed by atoms with Gasteiger partial charge in [0, 0.05) is 5.02 Å². The summed E-state index contributed by atoms with van der Waals surface area (Å²) in [5.74, 6) is -2.67. The molecule has 0 spiro atoms. The molecule has 3 atom stereocenters. The highest BCUT2D eigenvalue weighted by Crippen LogP contribution is 2.29. The van der Waals surface area contributed by atoms with Crippen molar-refractivity contribution in [1.29, 1.82) is 0 Å². The molecule has 1 aliphatic rings. The highest BCUT2D eigenvalue weighted by Gasteiger charge is 2.43. The van der Waals surface area contributed by atoms with Crippen LogP contribution in [0.1, 0.15) is 12.5 Å². The summed E-state index contributed by atoms with van der Waals surface area (Å²) in [5, 5.41) is 34.3. The van der Waals surface area contributed by atoms with Crippen LogP contribution in [0.4, 0.5) is 15.6 Å². The zero-order valence-electron chi connectivity index (χ0n) is 17.8. The summed E-state index contributed by atoms with van der Waals surface area (Å²) >= 11 is 7.25. The number of aliphatic hydroxyl groups is 2. The number of hydrogen-bond acceptors (Lipinski definition) is 8. The summed E-state index contributed by atoms with van der Waals surface area (Å²) in [7, 11) is 0. The first-order valence-electron chi connectivity index (χ1n) is 10.1. The van der Waals surface area contributed by atoms with Crippen molar-refractivity contribution >= 4 is 61.9 Å². The normalized spacial score (nSPS) is 19.4. The molecule has 0 bridgehead atoms. The van der Waals surface area contributed by atoms with Gasteiger partial charge in [-0.2, -0.15) is 0 Å². The average molecular weight is 505 g/mol. The first kappa shape index (κ1) is 23.7. The maximum atomic E-state index is 12.8. The number of halogens is 1. The molecule has 178 valence electrons. The van der Waals surface area contributed by atoms with E-state index in [9.17, 15) is 24.9 Å². The molecule has 0 saturated carbocycles. The third kappa shape index (κ3) is 4.75. The number of carboxylic acid groups (broad SMARTS) is 1. The minimum absolute atomic E-state index is 0.00992. The number of fused-ring (bicyclic) bond motifs is 1. The summed E-state index contributed by atoms with van der Waals surface area (Å²) in [6.45, 7) is 1.30. The van der Waals surface area contributed by atoms with Gasteiger partial charge in [-0.1, -0.05) is 35.1 Å². The second-order valence-electron chi connectivity index (χ2n) is 7.62. The lowest BCUT2D eigenvalue weighted by atomic mass is 10.1. The van der Waals surface area contributed by atoms with E-state index in [1.165, 1.54) is 23.2 Å². The predicted octanol–water partition coefficient (Wildman–Crippen LogP) is 2.36. The maximum absolute atomic E-state index is 12.8. The molecular formula is C21H21ClN6O5S. The first-order valence-corrected chi connectivity index (χ1v) is 11.3. The number of nitrogens with one attached hydrogen (secondary N) is 1. The van der Waals surface area contributed by atoms with E-state index in [1.807, 2.05) is 0 Å². The first-order chi connectivity index (χ1) is 16.1. The molecule has 2 aromatic carbocycles. The number of aliphatic imine (C=N–C) groups is 1. The van der Waals surface area contributed by atoms with Gasteiger partial charge in [0.1, 0.15) is 6.23 Å². The van der Waals surface area contributed by atoms with Gasteiger partial charge in [0.25, 0.3) is 0 Å². The van der Waals surface area contributed by atoms with E-state index in [1.54, 1.807) is 42.5 Å². The maximum Gasteiger partial charge on any atom is 0.329 e. The standard InChI is InChI=1S/C21H21ClN6O5S/c1-10(17(30)31)16(29)28-20(32)26-19(24-13-6-7-14-15(8-13)34-18(23)25-14)27(21(28)33)9-11-2-4-12(22)5-3-11/h2-8,10,16,21,29,33H,9H2,1H3,(H2,23,25)(H,30,31)(H,24,26,32)/t10-,16+,21?/m1/s1.